The number of benzene rings is 1. The molecule has 0 radical (unpaired) electrons. The first-order chi connectivity index (χ1) is 12.7. The van der Waals surface area contributed by atoms with Crippen molar-refractivity contribution in [3.63, 3.8) is 0 Å². The van der Waals surface area contributed by atoms with Crippen LogP contribution >= 0.6 is 11.6 Å². The molecule has 0 aliphatic heterocycles. The van der Waals surface area contributed by atoms with Crippen LogP contribution in [0.2, 0.25) is 5.15 Å². The predicted octanol–water partition coefficient (Wildman–Crippen LogP) is 4.14. The summed E-state index contributed by atoms with van der Waals surface area (Å²) in [4.78, 5) is 13.3. The van der Waals surface area contributed by atoms with Crippen molar-refractivity contribution in [3.8, 4) is 28.3 Å². The summed E-state index contributed by atoms with van der Waals surface area (Å²) in [7, 11) is 1.88. The van der Waals surface area contributed by atoms with E-state index in [0.29, 0.717) is 34.2 Å². The zero-order valence-corrected chi connectivity index (χ0v) is 15.1. The Morgan fingerprint density at radius 3 is 2.69 bits per heavy atom. The summed E-state index contributed by atoms with van der Waals surface area (Å²) < 4.78 is 7.28. The lowest BCUT2D eigenvalue weighted by Gasteiger charge is -2.09. The van der Waals surface area contributed by atoms with E-state index in [-0.39, 0.29) is 0 Å². The molecule has 0 N–H and O–H groups in total. The van der Waals surface area contributed by atoms with Gasteiger partial charge >= 0.3 is 0 Å². The lowest BCUT2D eigenvalue weighted by atomic mass is 10.0. The first-order valence-corrected chi connectivity index (χ1v) is 8.58. The standard InChI is InChI=1S/C19H16ClN5O/c1-3-26-15-9-14-18(23-19(15)20)17(22-11-21-14)13-10-25(2)24-16(13)12-7-5-4-6-8-12/h4-11H,3H2,1-2H3. The number of nitrogens with zero attached hydrogens (tertiary/aromatic N) is 5. The Labute approximate surface area is 155 Å². The van der Waals surface area contributed by atoms with Gasteiger partial charge in [-0.3, -0.25) is 4.68 Å². The second-order valence-electron chi connectivity index (χ2n) is 5.73. The lowest BCUT2D eigenvalue weighted by Crippen LogP contribution is -1.97. The van der Waals surface area contributed by atoms with E-state index in [0.717, 1.165) is 16.8 Å². The molecule has 0 aliphatic carbocycles. The van der Waals surface area contributed by atoms with Crippen LogP contribution in [0.5, 0.6) is 5.75 Å². The van der Waals surface area contributed by atoms with Gasteiger partial charge in [-0.25, -0.2) is 15.0 Å². The second-order valence-corrected chi connectivity index (χ2v) is 6.09. The summed E-state index contributed by atoms with van der Waals surface area (Å²) >= 11 is 6.29. The highest BCUT2D eigenvalue weighted by Crippen LogP contribution is 2.35. The highest BCUT2D eigenvalue weighted by Gasteiger charge is 2.18. The van der Waals surface area contributed by atoms with Crippen LogP contribution in [0, 0.1) is 0 Å². The van der Waals surface area contributed by atoms with Gasteiger partial charge in [-0.1, -0.05) is 41.9 Å². The van der Waals surface area contributed by atoms with Gasteiger partial charge in [-0.05, 0) is 6.92 Å². The van der Waals surface area contributed by atoms with E-state index in [4.69, 9.17) is 16.3 Å². The number of ether oxygens (including phenoxy) is 1. The van der Waals surface area contributed by atoms with Gasteiger partial charge in [0.2, 0.25) is 0 Å². The first kappa shape index (κ1) is 16.5. The average Bonchev–Trinajstić information content (AvgIpc) is 3.04. The number of rotatable bonds is 4. The molecule has 6 nitrogen and oxygen atoms in total. The van der Waals surface area contributed by atoms with Crippen LogP contribution in [0.1, 0.15) is 6.92 Å². The molecule has 7 heteroatoms. The van der Waals surface area contributed by atoms with Crippen LogP contribution in [0.3, 0.4) is 0 Å². The molecule has 130 valence electrons. The molecule has 3 aromatic heterocycles. The minimum atomic E-state index is 0.292. The van der Waals surface area contributed by atoms with Crippen molar-refractivity contribution < 1.29 is 4.74 Å². The van der Waals surface area contributed by atoms with E-state index in [1.165, 1.54) is 6.33 Å². The molecule has 0 bridgehead atoms. The van der Waals surface area contributed by atoms with Crippen LogP contribution in [0.15, 0.2) is 48.9 Å². The third-order valence-corrected chi connectivity index (χ3v) is 4.23. The Kier molecular flexibility index (Phi) is 4.26. The minimum absolute atomic E-state index is 0.292. The van der Waals surface area contributed by atoms with E-state index in [1.807, 2.05) is 50.5 Å². The Morgan fingerprint density at radius 2 is 1.92 bits per heavy atom. The van der Waals surface area contributed by atoms with E-state index < -0.39 is 0 Å². The Balaban J connectivity index is 1.95. The van der Waals surface area contributed by atoms with Crippen molar-refractivity contribution in [2.24, 2.45) is 7.05 Å². The van der Waals surface area contributed by atoms with Gasteiger partial charge in [-0.2, -0.15) is 5.10 Å². The molecule has 0 saturated carbocycles. The number of hydrogen-bond acceptors (Lipinski definition) is 5. The zero-order valence-electron chi connectivity index (χ0n) is 14.3. The minimum Gasteiger partial charge on any atom is -0.491 e. The maximum absolute atomic E-state index is 6.29. The monoisotopic (exact) mass is 365 g/mol. The fourth-order valence-electron chi connectivity index (χ4n) is 2.87. The third-order valence-electron chi connectivity index (χ3n) is 3.96. The number of fused-ring (bicyclic) bond motifs is 1. The molecule has 3 heterocycles. The normalized spacial score (nSPS) is 11.0. The maximum Gasteiger partial charge on any atom is 0.171 e. The predicted molar refractivity (Wildman–Crippen MR) is 101 cm³/mol. The summed E-state index contributed by atoms with van der Waals surface area (Å²) in [5, 5.41) is 4.90. The first-order valence-electron chi connectivity index (χ1n) is 8.21. The highest BCUT2D eigenvalue weighted by molar-refractivity contribution is 6.31. The summed E-state index contributed by atoms with van der Waals surface area (Å²) in [6.07, 6.45) is 3.45. The molecule has 0 fully saturated rings. The van der Waals surface area contributed by atoms with Crippen LogP contribution in [0.4, 0.5) is 0 Å². The Hall–Kier alpha value is -2.99. The zero-order chi connectivity index (χ0) is 18.1. The number of halogens is 1. The quantitative estimate of drug-likeness (QED) is 0.508. The van der Waals surface area contributed by atoms with Gasteiger partial charge in [0.15, 0.2) is 10.9 Å². The van der Waals surface area contributed by atoms with Gasteiger partial charge in [-0.15, -0.1) is 0 Å². The fraction of sp³-hybridized carbons (Fsp3) is 0.158. The van der Waals surface area contributed by atoms with Crippen molar-refractivity contribution in [1.82, 2.24) is 24.7 Å². The molecule has 4 aromatic rings. The molecule has 0 spiro atoms. The molecule has 0 atom stereocenters. The van der Waals surface area contributed by atoms with Crippen molar-refractivity contribution in [2.45, 2.75) is 6.92 Å². The van der Waals surface area contributed by atoms with E-state index in [2.05, 4.69) is 20.1 Å². The molecule has 1 aromatic carbocycles. The molecule has 0 unspecified atom stereocenters. The molecule has 0 saturated heterocycles. The largest absolute Gasteiger partial charge is 0.491 e. The maximum atomic E-state index is 6.29. The summed E-state index contributed by atoms with van der Waals surface area (Å²) in [5.74, 6) is 0.515. The van der Waals surface area contributed by atoms with Gasteiger partial charge in [0, 0.05) is 30.4 Å². The van der Waals surface area contributed by atoms with Crippen molar-refractivity contribution in [1.29, 1.82) is 0 Å². The molecular weight excluding hydrogens is 350 g/mol. The van der Waals surface area contributed by atoms with Gasteiger partial charge in [0.1, 0.15) is 23.2 Å². The summed E-state index contributed by atoms with van der Waals surface area (Å²) in [5.41, 5.74) is 4.69. The van der Waals surface area contributed by atoms with E-state index in [9.17, 15) is 0 Å². The number of pyridine rings is 1. The van der Waals surface area contributed by atoms with E-state index in [1.54, 1.807) is 10.7 Å². The third kappa shape index (κ3) is 2.88. The summed E-state index contributed by atoms with van der Waals surface area (Å²) in [6, 6.07) is 11.8. The van der Waals surface area contributed by atoms with Gasteiger partial charge < -0.3 is 4.74 Å². The van der Waals surface area contributed by atoms with Gasteiger partial charge in [0.05, 0.1) is 12.1 Å². The fourth-order valence-corrected chi connectivity index (χ4v) is 3.06. The molecule has 26 heavy (non-hydrogen) atoms. The van der Waals surface area contributed by atoms with Gasteiger partial charge in [0.25, 0.3) is 0 Å². The molecular formula is C19H16ClN5O. The number of hydrogen-bond donors (Lipinski definition) is 0. The lowest BCUT2D eigenvalue weighted by molar-refractivity contribution is 0.339. The molecule has 0 aliphatic rings. The molecule has 0 amide bonds. The topological polar surface area (TPSA) is 65.7 Å². The highest BCUT2D eigenvalue weighted by atomic mass is 35.5. The van der Waals surface area contributed by atoms with E-state index >= 15 is 0 Å². The Morgan fingerprint density at radius 1 is 1.12 bits per heavy atom. The SMILES string of the molecule is CCOc1cc2ncnc(-c3cn(C)nc3-c3ccccc3)c2nc1Cl. The summed E-state index contributed by atoms with van der Waals surface area (Å²) in [6.45, 7) is 2.40. The average molecular weight is 366 g/mol. The molecule has 4 rings (SSSR count). The van der Waals surface area contributed by atoms with Crippen molar-refractivity contribution in [2.75, 3.05) is 6.61 Å². The van der Waals surface area contributed by atoms with Crippen LogP contribution in [0.25, 0.3) is 33.5 Å². The smallest absolute Gasteiger partial charge is 0.171 e. The Bertz CT molecular complexity index is 1080. The van der Waals surface area contributed by atoms with Crippen LogP contribution in [-0.4, -0.2) is 31.3 Å². The second kappa shape index (κ2) is 6.72. The number of aromatic nitrogens is 5. The number of aryl methyl sites for hydroxylation is 1. The van der Waals surface area contributed by atoms with Crippen molar-refractivity contribution in [3.05, 3.63) is 54.1 Å². The van der Waals surface area contributed by atoms with Crippen LogP contribution in [-0.2, 0) is 7.05 Å². The van der Waals surface area contributed by atoms with Crippen LogP contribution < -0.4 is 4.74 Å². The van der Waals surface area contributed by atoms with Crippen molar-refractivity contribution >= 4 is 22.6 Å².